The standard InChI is InChI=1S/C18H28N2O3/c1-5-15(12-21)19-11-14-8-6-7-13-9-10-20(16(13)14)17(22)23-18(2,3)4/h6-8,15,19,21H,5,9-12H2,1-4H3/t15-/m1/s1. The molecule has 1 aliphatic rings. The highest BCUT2D eigenvalue weighted by molar-refractivity contribution is 5.91. The quantitative estimate of drug-likeness (QED) is 0.876. The van der Waals surface area contributed by atoms with Crippen LogP contribution < -0.4 is 10.2 Å². The van der Waals surface area contributed by atoms with Gasteiger partial charge in [-0.2, -0.15) is 0 Å². The van der Waals surface area contributed by atoms with E-state index in [0.717, 1.165) is 24.1 Å². The number of nitrogens with one attached hydrogen (secondary N) is 1. The van der Waals surface area contributed by atoms with E-state index in [1.807, 2.05) is 39.8 Å². The summed E-state index contributed by atoms with van der Waals surface area (Å²) in [5, 5.41) is 12.7. The second-order valence-corrected chi connectivity index (χ2v) is 6.98. The number of nitrogens with zero attached hydrogens (tertiary/aromatic N) is 1. The van der Waals surface area contributed by atoms with Gasteiger partial charge in [0.2, 0.25) is 0 Å². The van der Waals surface area contributed by atoms with E-state index in [1.54, 1.807) is 4.90 Å². The largest absolute Gasteiger partial charge is 0.443 e. The van der Waals surface area contributed by atoms with Gasteiger partial charge in [0.1, 0.15) is 5.60 Å². The Morgan fingerprint density at radius 1 is 1.43 bits per heavy atom. The molecule has 0 aromatic heterocycles. The van der Waals surface area contributed by atoms with E-state index in [1.165, 1.54) is 5.56 Å². The van der Waals surface area contributed by atoms with Crippen molar-refractivity contribution >= 4 is 11.8 Å². The molecule has 5 nitrogen and oxygen atoms in total. The van der Waals surface area contributed by atoms with Crippen LogP contribution in [0.1, 0.15) is 45.2 Å². The SMILES string of the molecule is CC[C@H](CO)NCc1cccc2c1N(C(=O)OC(C)(C)C)CC2. The van der Waals surface area contributed by atoms with Crippen LogP contribution in [0.25, 0.3) is 0 Å². The lowest BCUT2D eigenvalue weighted by Crippen LogP contribution is -2.37. The lowest BCUT2D eigenvalue weighted by molar-refractivity contribution is 0.0583. The molecule has 0 aliphatic carbocycles. The van der Waals surface area contributed by atoms with Crippen molar-refractivity contribution in [2.45, 2.75) is 58.7 Å². The van der Waals surface area contributed by atoms with Crippen molar-refractivity contribution in [3.63, 3.8) is 0 Å². The number of benzene rings is 1. The minimum atomic E-state index is -0.503. The Kier molecular flexibility index (Phi) is 5.65. The fourth-order valence-electron chi connectivity index (χ4n) is 2.77. The second-order valence-electron chi connectivity index (χ2n) is 6.98. The average Bonchev–Trinajstić information content (AvgIpc) is 2.91. The number of para-hydroxylation sites is 1. The smallest absolute Gasteiger partial charge is 0.414 e. The van der Waals surface area contributed by atoms with E-state index < -0.39 is 5.60 Å². The summed E-state index contributed by atoms with van der Waals surface area (Å²) in [7, 11) is 0. The van der Waals surface area contributed by atoms with Crippen molar-refractivity contribution < 1.29 is 14.6 Å². The zero-order valence-corrected chi connectivity index (χ0v) is 14.6. The highest BCUT2D eigenvalue weighted by Crippen LogP contribution is 2.33. The van der Waals surface area contributed by atoms with E-state index in [2.05, 4.69) is 11.4 Å². The summed E-state index contributed by atoms with van der Waals surface area (Å²) in [6.45, 7) is 9.06. The number of ether oxygens (including phenoxy) is 1. The molecule has 128 valence electrons. The number of hydrogen-bond donors (Lipinski definition) is 2. The van der Waals surface area contributed by atoms with Crippen LogP contribution in [0.4, 0.5) is 10.5 Å². The molecule has 1 heterocycles. The van der Waals surface area contributed by atoms with Gasteiger partial charge in [-0.1, -0.05) is 25.1 Å². The summed E-state index contributed by atoms with van der Waals surface area (Å²) in [5.41, 5.74) is 2.70. The number of carbonyl (C=O) groups is 1. The number of carbonyl (C=O) groups excluding carboxylic acids is 1. The Bertz CT molecular complexity index is 548. The van der Waals surface area contributed by atoms with Crippen LogP contribution in [-0.2, 0) is 17.7 Å². The van der Waals surface area contributed by atoms with Crippen molar-refractivity contribution in [1.29, 1.82) is 0 Å². The van der Waals surface area contributed by atoms with E-state index in [-0.39, 0.29) is 18.7 Å². The zero-order valence-electron chi connectivity index (χ0n) is 14.6. The third-order valence-corrected chi connectivity index (χ3v) is 3.99. The number of fused-ring (bicyclic) bond motifs is 1. The minimum absolute atomic E-state index is 0.0715. The van der Waals surface area contributed by atoms with Crippen molar-refractivity contribution in [2.24, 2.45) is 0 Å². The average molecular weight is 320 g/mol. The molecule has 1 amide bonds. The molecule has 0 saturated carbocycles. The van der Waals surface area contributed by atoms with Gasteiger partial charge in [-0.05, 0) is 44.7 Å². The highest BCUT2D eigenvalue weighted by Gasteiger charge is 2.30. The molecule has 0 unspecified atom stereocenters. The number of aliphatic hydroxyl groups is 1. The first-order valence-corrected chi connectivity index (χ1v) is 8.31. The van der Waals surface area contributed by atoms with Crippen molar-refractivity contribution in [2.75, 3.05) is 18.1 Å². The first-order chi connectivity index (χ1) is 10.9. The number of anilines is 1. The molecule has 0 bridgehead atoms. The maximum absolute atomic E-state index is 12.5. The van der Waals surface area contributed by atoms with Gasteiger partial charge in [0.05, 0.1) is 12.3 Å². The lowest BCUT2D eigenvalue weighted by atomic mass is 10.1. The molecule has 1 atom stereocenters. The summed E-state index contributed by atoms with van der Waals surface area (Å²) in [5.74, 6) is 0. The Labute approximate surface area is 138 Å². The molecule has 1 aliphatic heterocycles. The zero-order chi connectivity index (χ0) is 17.0. The topological polar surface area (TPSA) is 61.8 Å². The number of aliphatic hydroxyl groups excluding tert-OH is 1. The van der Waals surface area contributed by atoms with Crippen LogP contribution in [0.2, 0.25) is 0 Å². The van der Waals surface area contributed by atoms with Gasteiger partial charge in [-0.25, -0.2) is 4.79 Å². The predicted octanol–water partition coefficient (Wildman–Crippen LogP) is 2.84. The molecule has 0 fully saturated rings. The highest BCUT2D eigenvalue weighted by atomic mass is 16.6. The number of rotatable bonds is 5. The molecule has 0 saturated heterocycles. The molecular weight excluding hydrogens is 292 g/mol. The summed E-state index contributed by atoms with van der Waals surface area (Å²) >= 11 is 0. The first kappa shape index (κ1) is 17.8. The van der Waals surface area contributed by atoms with Gasteiger partial charge in [-0.15, -0.1) is 0 Å². The van der Waals surface area contributed by atoms with Crippen LogP contribution in [0, 0.1) is 0 Å². The van der Waals surface area contributed by atoms with Gasteiger partial charge >= 0.3 is 6.09 Å². The summed E-state index contributed by atoms with van der Waals surface area (Å²) in [4.78, 5) is 14.2. The molecule has 5 heteroatoms. The molecule has 23 heavy (non-hydrogen) atoms. The van der Waals surface area contributed by atoms with Crippen molar-refractivity contribution in [3.8, 4) is 0 Å². The Hall–Kier alpha value is -1.59. The molecule has 2 rings (SSSR count). The van der Waals surface area contributed by atoms with Crippen LogP contribution in [0.3, 0.4) is 0 Å². The van der Waals surface area contributed by atoms with Gasteiger partial charge < -0.3 is 15.2 Å². The van der Waals surface area contributed by atoms with Crippen molar-refractivity contribution in [1.82, 2.24) is 5.32 Å². The minimum Gasteiger partial charge on any atom is -0.443 e. The summed E-state index contributed by atoms with van der Waals surface area (Å²) < 4.78 is 5.53. The predicted molar refractivity (Wildman–Crippen MR) is 91.7 cm³/mol. The van der Waals surface area contributed by atoms with Crippen LogP contribution in [0.15, 0.2) is 18.2 Å². The maximum atomic E-state index is 12.5. The van der Waals surface area contributed by atoms with E-state index in [4.69, 9.17) is 4.74 Å². The molecule has 2 N–H and O–H groups in total. The number of amides is 1. The van der Waals surface area contributed by atoms with E-state index in [0.29, 0.717) is 13.1 Å². The summed E-state index contributed by atoms with van der Waals surface area (Å²) in [6, 6.07) is 6.18. The molecule has 0 radical (unpaired) electrons. The Morgan fingerprint density at radius 2 is 2.17 bits per heavy atom. The first-order valence-electron chi connectivity index (χ1n) is 8.31. The second kappa shape index (κ2) is 7.32. The molecule has 1 aromatic rings. The normalized spacial score (nSPS) is 15.4. The van der Waals surface area contributed by atoms with Gasteiger partial charge in [0.25, 0.3) is 0 Å². The Balaban J connectivity index is 2.18. The van der Waals surface area contributed by atoms with Crippen LogP contribution >= 0.6 is 0 Å². The lowest BCUT2D eigenvalue weighted by Gasteiger charge is -2.26. The summed E-state index contributed by atoms with van der Waals surface area (Å²) in [6.07, 6.45) is 1.42. The molecular formula is C18H28N2O3. The fourth-order valence-corrected chi connectivity index (χ4v) is 2.77. The molecule has 0 spiro atoms. The van der Waals surface area contributed by atoms with Gasteiger partial charge in [0, 0.05) is 19.1 Å². The Morgan fingerprint density at radius 3 is 2.78 bits per heavy atom. The third-order valence-electron chi connectivity index (χ3n) is 3.99. The number of hydrogen-bond acceptors (Lipinski definition) is 4. The van der Waals surface area contributed by atoms with Crippen molar-refractivity contribution in [3.05, 3.63) is 29.3 Å². The fraction of sp³-hybridized carbons (Fsp3) is 0.611. The van der Waals surface area contributed by atoms with Crippen LogP contribution in [-0.4, -0.2) is 36.0 Å². The molecule has 1 aromatic carbocycles. The maximum Gasteiger partial charge on any atom is 0.414 e. The monoisotopic (exact) mass is 320 g/mol. The van der Waals surface area contributed by atoms with Gasteiger partial charge in [-0.3, -0.25) is 4.90 Å². The van der Waals surface area contributed by atoms with E-state index >= 15 is 0 Å². The van der Waals surface area contributed by atoms with E-state index in [9.17, 15) is 9.90 Å². The van der Waals surface area contributed by atoms with Crippen LogP contribution in [0.5, 0.6) is 0 Å². The third kappa shape index (κ3) is 4.45. The van der Waals surface area contributed by atoms with Gasteiger partial charge in [0.15, 0.2) is 0 Å².